The van der Waals surface area contributed by atoms with Crippen LogP contribution in [0.5, 0.6) is 0 Å². The van der Waals surface area contributed by atoms with Crippen molar-refractivity contribution in [1.29, 1.82) is 0 Å². The second-order valence-corrected chi connectivity index (χ2v) is 4.89. The van der Waals surface area contributed by atoms with Crippen LogP contribution in [-0.2, 0) is 6.54 Å². The van der Waals surface area contributed by atoms with Crippen molar-refractivity contribution in [2.24, 2.45) is 0 Å². The minimum Gasteiger partial charge on any atom is -0.393 e. The minimum atomic E-state index is 0.305. The lowest BCUT2D eigenvalue weighted by Crippen LogP contribution is -2.24. The van der Waals surface area contributed by atoms with E-state index >= 15 is 0 Å². The molecule has 4 nitrogen and oxygen atoms in total. The molecule has 2 N–H and O–H groups in total. The van der Waals surface area contributed by atoms with Gasteiger partial charge in [0.05, 0.1) is 6.54 Å². The molecule has 0 aromatic carbocycles. The van der Waals surface area contributed by atoms with Crippen LogP contribution in [0.1, 0.15) is 11.8 Å². The average Bonchev–Trinajstić information content (AvgIpc) is 2.83. The van der Waals surface area contributed by atoms with Crippen molar-refractivity contribution in [3.63, 3.8) is 0 Å². The molecule has 0 aliphatic rings. The Bertz CT molecular complexity index is 486. The maximum absolute atomic E-state index is 5.90. The first-order chi connectivity index (χ1) is 8.22. The highest BCUT2D eigenvalue weighted by Gasteiger charge is 2.13. The Morgan fingerprint density at radius 1 is 1.47 bits per heavy atom. The molecular formula is C11H13ClN4S. The highest BCUT2D eigenvalue weighted by molar-refractivity contribution is 7.09. The van der Waals surface area contributed by atoms with Crippen molar-refractivity contribution in [3.8, 4) is 0 Å². The number of halogens is 1. The maximum Gasteiger partial charge on any atom is 0.157 e. The molecule has 90 valence electrons. The van der Waals surface area contributed by atoms with E-state index < -0.39 is 0 Å². The Kier molecular flexibility index (Phi) is 3.81. The molecule has 17 heavy (non-hydrogen) atoms. The Labute approximate surface area is 109 Å². The zero-order valence-electron chi connectivity index (χ0n) is 9.43. The van der Waals surface area contributed by atoms with Gasteiger partial charge in [-0.2, -0.15) is 0 Å². The van der Waals surface area contributed by atoms with Crippen LogP contribution in [-0.4, -0.2) is 16.5 Å². The number of rotatable bonds is 4. The smallest absolute Gasteiger partial charge is 0.157 e. The molecule has 2 rings (SSSR count). The summed E-state index contributed by atoms with van der Waals surface area (Å²) >= 11 is 7.61. The van der Waals surface area contributed by atoms with Crippen LogP contribution in [0.2, 0.25) is 5.15 Å². The third kappa shape index (κ3) is 2.68. The molecule has 0 unspecified atom stereocenters. The third-order valence-corrected chi connectivity index (χ3v) is 3.58. The van der Waals surface area contributed by atoms with Crippen LogP contribution >= 0.6 is 22.9 Å². The van der Waals surface area contributed by atoms with Gasteiger partial charge in [0, 0.05) is 11.4 Å². The van der Waals surface area contributed by atoms with Gasteiger partial charge in [0.15, 0.2) is 11.0 Å². The van der Waals surface area contributed by atoms with Gasteiger partial charge in [0.1, 0.15) is 12.0 Å². The van der Waals surface area contributed by atoms with Gasteiger partial charge in [0.25, 0.3) is 0 Å². The summed E-state index contributed by atoms with van der Waals surface area (Å²) in [5.41, 5.74) is 6.33. The van der Waals surface area contributed by atoms with Crippen molar-refractivity contribution in [1.82, 2.24) is 9.97 Å². The zero-order valence-corrected chi connectivity index (χ0v) is 11.0. The number of nitrogen functional groups attached to an aromatic ring is 1. The topological polar surface area (TPSA) is 55.0 Å². The zero-order chi connectivity index (χ0) is 12.3. The third-order valence-electron chi connectivity index (χ3n) is 2.42. The van der Waals surface area contributed by atoms with Crippen LogP contribution in [0.25, 0.3) is 0 Å². The molecular weight excluding hydrogens is 256 g/mol. The summed E-state index contributed by atoms with van der Waals surface area (Å²) in [7, 11) is 0. The van der Waals surface area contributed by atoms with Crippen molar-refractivity contribution in [2.75, 3.05) is 17.2 Å². The van der Waals surface area contributed by atoms with E-state index in [9.17, 15) is 0 Å². The van der Waals surface area contributed by atoms with Gasteiger partial charge in [-0.05, 0) is 18.4 Å². The van der Waals surface area contributed by atoms with Gasteiger partial charge in [-0.15, -0.1) is 11.3 Å². The van der Waals surface area contributed by atoms with E-state index in [4.69, 9.17) is 17.3 Å². The Balaban J connectivity index is 2.26. The number of hydrogen-bond acceptors (Lipinski definition) is 5. The number of thiophene rings is 1. The highest BCUT2D eigenvalue weighted by atomic mass is 35.5. The van der Waals surface area contributed by atoms with Crippen LogP contribution in [0, 0.1) is 0 Å². The van der Waals surface area contributed by atoms with Gasteiger partial charge in [-0.3, -0.25) is 0 Å². The van der Waals surface area contributed by atoms with Crippen LogP contribution < -0.4 is 10.6 Å². The fourth-order valence-corrected chi connectivity index (χ4v) is 2.39. The second-order valence-electron chi connectivity index (χ2n) is 3.50. The molecule has 0 radical (unpaired) electrons. The molecule has 0 aliphatic heterocycles. The first kappa shape index (κ1) is 12.1. The van der Waals surface area contributed by atoms with E-state index in [1.807, 2.05) is 6.07 Å². The summed E-state index contributed by atoms with van der Waals surface area (Å²) in [6.45, 7) is 3.66. The quantitative estimate of drug-likeness (QED) is 0.867. The van der Waals surface area contributed by atoms with Crippen LogP contribution in [0.4, 0.5) is 11.5 Å². The predicted molar refractivity (Wildman–Crippen MR) is 72.5 cm³/mol. The normalized spacial score (nSPS) is 10.5. The van der Waals surface area contributed by atoms with Gasteiger partial charge >= 0.3 is 0 Å². The Hall–Kier alpha value is -1.33. The van der Waals surface area contributed by atoms with E-state index in [-0.39, 0.29) is 0 Å². The maximum atomic E-state index is 5.90. The molecule has 0 spiro atoms. The number of nitrogens with zero attached hydrogens (tertiary/aromatic N) is 3. The number of nitrogens with two attached hydrogens (primary N) is 1. The number of aromatic nitrogens is 2. The molecule has 0 bridgehead atoms. The summed E-state index contributed by atoms with van der Waals surface area (Å²) in [6.07, 6.45) is 1.44. The molecule has 2 aromatic rings. The van der Waals surface area contributed by atoms with E-state index in [0.29, 0.717) is 16.7 Å². The number of hydrogen-bond donors (Lipinski definition) is 1. The minimum absolute atomic E-state index is 0.305. The van der Waals surface area contributed by atoms with Crippen molar-refractivity contribution in [3.05, 3.63) is 33.9 Å². The van der Waals surface area contributed by atoms with Gasteiger partial charge in [-0.25, -0.2) is 9.97 Å². The second kappa shape index (κ2) is 5.33. The molecule has 0 atom stereocenters. The molecule has 0 saturated heterocycles. The Morgan fingerprint density at radius 2 is 2.29 bits per heavy atom. The molecule has 2 aromatic heterocycles. The van der Waals surface area contributed by atoms with Crippen molar-refractivity contribution in [2.45, 2.75) is 13.5 Å². The van der Waals surface area contributed by atoms with Crippen LogP contribution in [0.3, 0.4) is 0 Å². The largest absolute Gasteiger partial charge is 0.393 e. The van der Waals surface area contributed by atoms with Gasteiger partial charge < -0.3 is 10.6 Å². The number of anilines is 2. The van der Waals surface area contributed by atoms with Crippen LogP contribution in [0.15, 0.2) is 23.8 Å². The molecule has 2 heterocycles. The molecule has 0 amide bonds. The molecule has 0 fully saturated rings. The molecule has 0 aliphatic carbocycles. The predicted octanol–water partition coefficient (Wildman–Crippen LogP) is 2.80. The van der Waals surface area contributed by atoms with Crippen molar-refractivity contribution >= 4 is 34.4 Å². The summed E-state index contributed by atoms with van der Waals surface area (Å²) in [6, 6.07) is 4.12. The Morgan fingerprint density at radius 3 is 2.94 bits per heavy atom. The molecule has 0 saturated carbocycles. The fraction of sp³-hybridized carbons (Fsp3) is 0.273. The fourth-order valence-electron chi connectivity index (χ4n) is 1.54. The standard InChI is InChI=1S/C11H13ClN4S/c1-2-16(6-8-4-3-5-17-8)11-9(13)10(12)14-7-15-11/h3-5,7H,2,6,13H2,1H3. The van der Waals surface area contributed by atoms with Crippen molar-refractivity contribution < 1.29 is 0 Å². The summed E-state index contributed by atoms with van der Waals surface area (Å²) in [5, 5.41) is 2.36. The van der Waals surface area contributed by atoms with E-state index in [1.54, 1.807) is 11.3 Å². The summed E-state index contributed by atoms with van der Waals surface area (Å²) in [4.78, 5) is 11.4. The van der Waals surface area contributed by atoms with E-state index in [1.165, 1.54) is 11.2 Å². The lowest BCUT2D eigenvalue weighted by Gasteiger charge is -2.22. The molecule has 6 heteroatoms. The summed E-state index contributed by atoms with van der Waals surface area (Å²) in [5.74, 6) is 0.695. The first-order valence-corrected chi connectivity index (χ1v) is 6.51. The first-order valence-electron chi connectivity index (χ1n) is 5.25. The van der Waals surface area contributed by atoms with E-state index in [0.717, 1.165) is 13.1 Å². The lowest BCUT2D eigenvalue weighted by molar-refractivity contribution is 0.821. The summed E-state index contributed by atoms with van der Waals surface area (Å²) < 4.78 is 0. The highest BCUT2D eigenvalue weighted by Crippen LogP contribution is 2.27. The average molecular weight is 269 g/mol. The SMILES string of the molecule is CCN(Cc1cccs1)c1ncnc(Cl)c1N. The van der Waals surface area contributed by atoms with Gasteiger partial charge in [-0.1, -0.05) is 17.7 Å². The van der Waals surface area contributed by atoms with Gasteiger partial charge in [0.2, 0.25) is 0 Å². The monoisotopic (exact) mass is 268 g/mol. The van der Waals surface area contributed by atoms with E-state index in [2.05, 4.69) is 33.2 Å². The lowest BCUT2D eigenvalue weighted by atomic mass is 10.3.